The van der Waals surface area contributed by atoms with E-state index < -0.39 is 0 Å². The summed E-state index contributed by atoms with van der Waals surface area (Å²) < 4.78 is 7.82. The van der Waals surface area contributed by atoms with Gasteiger partial charge in [-0.25, -0.2) is 4.98 Å². The summed E-state index contributed by atoms with van der Waals surface area (Å²) in [7, 11) is 0. The minimum atomic E-state index is -0.0784. The van der Waals surface area contributed by atoms with Gasteiger partial charge in [0.05, 0.1) is 18.8 Å². The van der Waals surface area contributed by atoms with Gasteiger partial charge in [0, 0.05) is 28.5 Å². The van der Waals surface area contributed by atoms with Crippen molar-refractivity contribution in [3.8, 4) is 11.3 Å². The number of imidazole rings is 1. The van der Waals surface area contributed by atoms with Crippen molar-refractivity contribution in [1.29, 1.82) is 0 Å². The van der Waals surface area contributed by atoms with Gasteiger partial charge in [0.15, 0.2) is 0 Å². The van der Waals surface area contributed by atoms with Crippen LogP contribution in [-0.2, 0) is 16.1 Å². The van der Waals surface area contributed by atoms with Crippen LogP contribution in [-0.4, -0.2) is 27.0 Å². The number of aromatic nitrogens is 3. The molecule has 0 aliphatic carbocycles. The zero-order chi connectivity index (χ0) is 22.4. The summed E-state index contributed by atoms with van der Waals surface area (Å²) in [6.45, 7) is 7.33. The maximum absolute atomic E-state index is 12.4. The molecule has 0 aliphatic heterocycles. The molecule has 0 aliphatic rings. The van der Waals surface area contributed by atoms with Gasteiger partial charge in [-0.05, 0) is 38.5 Å². The van der Waals surface area contributed by atoms with E-state index >= 15 is 0 Å². The normalized spacial score (nSPS) is 10.5. The molecule has 2 aromatic carbocycles. The van der Waals surface area contributed by atoms with E-state index in [1.54, 1.807) is 23.6 Å². The van der Waals surface area contributed by atoms with Crippen LogP contribution in [0.1, 0.15) is 23.7 Å². The Bertz CT molecular complexity index is 1230. The van der Waals surface area contributed by atoms with E-state index in [-0.39, 0.29) is 5.56 Å². The van der Waals surface area contributed by atoms with Crippen LogP contribution in [0.4, 0.5) is 0 Å². The first-order valence-corrected chi connectivity index (χ1v) is 10.3. The van der Waals surface area contributed by atoms with Crippen molar-refractivity contribution in [2.75, 3.05) is 6.61 Å². The summed E-state index contributed by atoms with van der Waals surface area (Å²) in [5, 5.41) is 0.673. The van der Waals surface area contributed by atoms with Crippen LogP contribution in [0.3, 0.4) is 0 Å². The highest BCUT2D eigenvalue weighted by Gasteiger charge is 2.12. The van der Waals surface area contributed by atoms with E-state index in [1.165, 1.54) is 11.1 Å². The summed E-state index contributed by atoms with van der Waals surface area (Å²) in [5.74, 6) is 0.639. The van der Waals surface area contributed by atoms with E-state index in [4.69, 9.17) is 16.6 Å². The number of ether oxygens (including phenoxy) is 1. The second-order valence-electron chi connectivity index (χ2n) is 7.05. The topological polar surface area (TPSA) is 65.6 Å². The van der Waals surface area contributed by atoms with Crippen LogP contribution in [0, 0.1) is 13.8 Å². The molecule has 0 fully saturated rings. The summed E-state index contributed by atoms with van der Waals surface area (Å²) in [5.41, 5.74) is 4.88. The highest BCUT2D eigenvalue weighted by molar-refractivity contribution is 6.30. The van der Waals surface area contributed by atoms with E-state index in [0.29, 0.717) is 30.4 Å². The van der Waals surface area contributed by atoms with Crippen molar-refractivity contribution in [2.45, 2.75) is 27.3 Å². The number of nitrogens with zero attached hydrogens (tertiary/aromatic N) is 3. The largest absolute Gasteiger partial charge is 0.468 e. The first-order chi connectivity index (χ1) is 14.9. The van der Waals surface area contributed by atoms with E-state index in [9.17, 15) is 9.59 Å². The maximum Gasteiger partial charge on any atom is 0.293 e. The number of carbonyl (C=O) groups is 1. The molecular formula is C24H24ClN3O3. The minimum absolute atomic E-state index is 0.0784. The Kier molecular flexibility index (Phi) is 7.26. The Morgan fingerprint density at radius 2 is 1.74 bits per heavy atom. The molecule has 0 saturated carbocycles. The van der Waals surface area contributed by atoms with Crippen LogP contribution in [0.25, 0.3) is 17.0 Å². The molecule has 31 heavy (non-hydrogen) atoms. The van der Waals surface area contributed by atoms with Crippen molar-refractivity contribution < 1.29 is 9.53 Å². The zero-order valence-corrected chi connectivity index (χ0v) is 18.5. The average molecular weight is 438 g/mol. The molecule has 0 radical (unpaired) electrons. The van der Waals surface area contributed by atoms with Gasteiger partial charge in [0.25, 0.3) is 12.0 Å². The molecule has 2 aromatic heterocycles. The van der Waals surface area contributed by atoms with Gasteiger partial charge in [0.1, 0.15) is 0 Å². The summed E-state index contributed by atoms with van der Waals surface area (Å²) in [4.78, 5) is 26.3. The Hall–Kier alpha value is -3.38. The van der Waals surface area contributed by atoms with Gasteiger partial charge >= 0.3 is 0 Å². The monoisotopic (exact) mass is 437 g/mol. The van der Waals surface area contributed by atoms with Gasteiger partial charge < -0.3 is 9.30 Å². The van der Waals surface area contributed by atoms with Gasteiger partial charge in [0.2, 0.25) is 5.78 Å². The third-order valence-electron chi connectivity index (χ3n) is 4.76. The second-order valence-corrected chi connectivity index (χ2v) is 7.49. The van der Waals surface area contributed by atoms with Crippen LogP contribution >= 0.6 is 11.6 Å². The molecule has 4 rings (SSSR count). The Labute approximate surface area is 185 Å². The lowest BCUT2D eigenvalue weighted by molar-refractivity contribution is -0.128. The first kappa shape index (κ1) is 22.3. The van der Waals surface area contributed by atoms with Crippen LogP contribution in [0.15, 0.2) is 65.6 Å². The number of aryl methyl sites for hydroxylation is 2. The summed E-state index contributed by atoms with van der Waals surface area (Å²) >= 11 is 5.97. The van der Waals surface area contributed by atoms with Crippen molar-refractivity contribution >= 4 is 23.9 Å². The third kappa shape index (κ3) is 5.41. The molecule has 0 atom stereocenters. The lowest BCUT2D eigenvalue weighted by Crippen LogP contribution is -2.19. The Balaban J connectivity index is 0.000000491. The predicted octanol–water partition coefficient (Wildman–Crippen LogP) is 4.66. The molecule has 0 spiro atoms. The number of benzene rings is 2. The smallest absolute Gasteiger partial charge is 0.293 e. The summed E-state index contributed by atoms with van der Waals surface area (Å²) in [6, 6.07) is 17.5. The van der Waals surface area contributed by atoms with Crippen molar-refractivity contribution in [3.63, 3.8) is 0 Å². The number of fused-ring (bicyclic) bond motifs is 1. The SMILES string of the molecule is CCOC=O.Cc1ccc(Cn2c(C)cc(=O)n3cc(-c4ccc(Cl)cc4)nc23)cc1. The van der Waals surface area contributed by atoms with Gasteiger partial charge in [-0.15, -0.1) is 0 Å². The van der Waals surface area contributed by atoms with Gasteiger partial charge in [-0.3, -0.25) is 14.0 Å². The number of hydrogen-bond donors (Lipinski definition) is 0. The third-order valence-corrected chi connectivity index (χ3v) is 5.01. The van der Waals surface area contributed by atoms with Crippen LogP contribution in [0.2, 0.25) is 5.02 Å². The molecule has 0 saturated heterocycles. The number of rotatable bonds is 5. The fourth-order valence-corrected chi connectivity index (χ4v) is 3.23. The average Bonchev–Trinajstić information content (AvgIpc) is 3.20. The Morgan fingerprint density at radius 1 is 1.06 bits per heavy atom. The molecule has 7 heteroatoms. The molecule has 0 amide bonds. The van der Waals surface area contributed by atoms with Crippen molar-refractivity contribution in [3.05, 3.63) is 93.0 Å². The molecule has 160 valence electrons. The Morgan fingerprint density at radius 3 is 2.32 bits per heavy atom. The van der Waals surface area contributed by atoms with Crippen LogP contribution in [0.5, 0.6) is 0 Å². The minimum Gasteiger partial charge on any atom is -0.468 e. The zero-order valence-electron chi connectivity index (χ0n) is 17.7. The van der Waals surface area contributed by atoms with Gasteiger partial charge in [-0.1, -0.05) is 53.6 Å². The number of halogens is 1. The highest BCUT2D eigenvalue weighted by Crippen LogP contribution is 2.21. The molecule has 0 N–H and O–H groups in total. The van der Waals surface area contributed by atoms with E-state index in [2.05, 4.69) is 40.5 Å². The molecule has 0 unspecified atom stereocenters. The number of carbonyl (C=O) groups excluding carboxylic acids is 1. The molecular weight excluding hydrogens is 414 g/mol. The van der Waals surface area contributed by atoms with E-state index in [1.807, 2.05) is 31.2 Å². The fourth-order valence-electron chi connectivity index (χ4n) is 3.11. The molecule has 6 nitrogen and oxygen atoms in total. The van der Waals surface area contributed by atoms with Crippen LogP contribution < -0.4 is 5.56 Å². The summed E-state index contributed by atoms with van der Waals surface area (Å²) in [6.07, 6.45) is 1.78. The van der Waals surface area contributed by atoms with Gasteiger partial charge in [-0.2, -0.15) is 0 Å². The lowest BCUT2D eigenvalue weighted by atomic mass is 10.1. The second kappa shape index (κ2) is 10.1. The van der Waals surface area contributed by atoms with Crippen molar-refractivity contribution in [2.24, 2.45) is 0 Å². The quantitative estimate of drug-likeness (QED) is 0.426. The maximum atomic E-state index is 12.4. The van der Waals surface area contributed by atoms with E-state index in [0.717, 1.165) is 17.0 Å². The molecule has 0 bridgehead atoms. The predicted molar refractivity (Wildman–Crippen MR) is 123 cm³/mol. The fraction of sp³-hybridized carbons (Fsp3) is 0.208. The highest BCUT2D eigenvalue weighted by atomic mass is 35.5. The standard InChI is InChI=1S/C21H18ClN3O.C3H6O2/c1-14-3-5-16(6-4-14)12-24-15(2)11-20(26)25-13-19(23-21(24)25)17-7-9-18(22)10-8-17;1-2-5-3-4/h3-11,13H,12H2,1-2H3;3H,2H2,1H3. The molecule has 2 heterocycles. The molecule has 4 aromatic rings. The van der Waals surface area contributed by atoms with Crippen molar-refractivity contribution in [1.82, 2.24) is 14.0 Å². The number of hydrogen-bond acceptors (Lipinski definition) is 4. The first-order valence-electron chi connectivity index (χ1n) is 9.89. The lowest BCUT2D eigenvalue weighted by Gasteiger charge is -2.12.